The second-order valence-electron chi connectivity index (χ2n) is 3.25. The van der Waals surface area contributed by atoms with Crippen molar-refractivity contribution in [3.63, 3.8) is 0 Å². The number of halogens is 2. The molecule has 1 heterocycles. The maximum atomic E-state index is 8.66. The summed E-state index contributed by atoms with van der Waals surface area (Å²) in [6.45, 7) is 0. The van der Waals surface area contributed by atoms with Crippen LogP contribution in [0.3, 0.4) is 0 Å². The minimum absolute atomic E-state index is 0. The molecular weight excluding hydrogens is 273 g/mol. The summed E-state index contributed by atoms with van der Waals surface area (Å²) in [5.74, 6) is 0.612. The van der Waals surface area contributed by atoms with Gasteiger partial charge in [0.25, 0.3) is 0 Å². The van der Waals surface area contributed by atoms with Gasteiger partial charge in [-0.05, 0) is 24.3 Å². The molecular formula is C11H9Cl2N5. The number of benzene rings is 1. The molecule has 2 aromatic rings. The highest BCUT2D eigenvalue weighted by atomic mass is 35.5. The van der Waals surface area contributed by atoms with Crippen molar-refractivity contribution in [1.82, 2.24) is 9.97 Å². The van der Waals surface area contributed by atoms with E-state index in [1.54, 1.807) is 24.3 Å². The molecule has 0 radical (unpaired) electrons. The Bertz CT molecular complexity index is 557. The lowest BCUT2D eigenvalue weighted by atomic mass is 10.2. The highest BCUT2D eigenvalue weighted by Crippen LogP contribution is 2.17. The van der Waals surface area contributed by atoms with E-state index in [0.717, 1.165) is 5.69 Å². The van der Waals surface area contributed by atoms with Crippen LogP contribution in [0, 0.1) is 11.3 Å². The highest BCUT2D eigenvalue weighted by molar-refractivity contribution is 6.29. The summed E-state index contributed by atoms with van der Waals surface area (Å²) in [6.07, 6.45) is 0. The fourth-order valence-corrected chi connectivity index (χ4v) is 1.44. The summed E-state index contributed by atoms with van der Waals surface area (Å²) in [5.41, 5.74) is 6.88. The van der Waals surface area contributed by atoms with Crippen molar-refractivity contribution >= 4 is 41.5 Å². The van der Waals surface area contributed by atoms with Crippen LogP contribution in [0.5, 0.6) is 0 Å². The molecule has 3 N–H and O–H groups in total. The number of anilines is 3. The number of nitrogens with zero attached hydrogens (tertiary/aromatic N) is 3. The summed E-state index contributed by atoms with van der Waals surface area (Å²) in [4.78, 5) is 7.95. The maximum absolute atomic E-state index is 8.66. The largest absolute Gasteiger partial charge is 0.383 e. The summed E-state index contributed by atoms with van der Waals surface area (Å²) < 4.78 is 0. The van der Waals surface area contributed by atoms with Gasteiger partial charge in [0.15, 0.2) is 0 Å². The van der Waals surface area contributed by atoms with Crippen LogP contribution in [0.15, 0.2) is 30.3 Å². The molecule has 0 aliphatic carbocycles. The van der Waals surface area contributed by atoms with Crippen LogP contribution in [0.4, 0.5) is 17.5 Å². The first kappa shape index (κ1) is 14.0. The lowest BCUT2D eigenvalue weighted by molar-refractivity contribution is 1.17. The molecule has 5 nitrogen and oxygen atoms in total. The van der Waals surface area contributed by atoms with E-state index in [2.05, 4.69) is 15.3 Å². The fraction of sp³-hybridized carbons (Fsp3) is 0. The zero-order valence-corrected chi connectivity index (χ0v) is 10.7. The van der Waals surface area contributed by atoms with Gasteiger partial charge in [0.2, 0.25) is 5.95 Å². The van der Waals surface area contributed by atoms with Gasteiger partial charge in [0, 0.05) is 11.8 Å². The minimum Gasteiger partial charge on any atom is -0.383 e. The molecule has 7 heteroatoms. The molecule has 0 bridgehead atoms. The van der Waals surface area contributed by atoms with Gasteiger partial charge in [-0.25, -0.2) is 4.98 Å². The third kappa shape index (κ3) is 3.48. The van der Waals surface area contributed by atoms with E-state index in [9.17, 15) is 0 Å². The molecule has 18 heavy (non-hydrogen) atoms. The van der Waals surface area contributed by atoms with Gasteiger partial charge in [-0.2, -0.15) is 10.2 Å². The predicted molar refractivity (Wildman–Crippen MR) is 73.1 cm³/mol. The van der Waals surface area contributed by atoms with Crippen LogP contribution < -0.4 is 11.1 Å². The van der Waals surface area contributed by atoms with E-state index in [0.29, 0.717) is 17.3 Å². The Morgan fingerprint density at radius 3 is 2.44 bits per heavy atom. The van der Waals surface area contributed by atoms with Crippen molar-refractivity contribution in [2.24, 2.45) is 0 Å². The van der Waals surface area contributed by atoms with Crippen molar-refractivity contribution in [1.29, 1.82) is 5.26 Å². The van der Waals surface area contributed by atoms with E-state index >= 15 is 0 Å². The Morgan fingerprint density at radius 1 is 1.22 bits per heavy atom. The van der Waals surface area contributed by atoms with E-state index in [1.807, 2.05) is 6.07 Å². The SMILES string of the molecule is Cl.N#Cc1ccc(Nc2nc(N)cc(Cl)n2)cc1. The second-order valence-corrected chi connectivity index (χ2v) is 3.64. The molecule has 0 aliphatic heterocycles. The molecule has 0 aliphatic rings. The van der Waals surface area contributed by atoms with Crippen molar-refractivity contribution < 1.29 is 0 Å². The summed E-state index contributed by atoms with van der Waals surface area (Å²) in [6, 6.07) is 10.4. The average Bonchev–Trinajstić information content (AvgIpc) is 2.28. The van der Waals surface area contributed by atoms with Crippen LogP contribution in [0.1, 0.15) is 5.56 Å². The Hall–Kier alpha value is -2.03. The molecule has 0 atom stereocenters. The van der Waals surface area contributed by atoms with Crippen molar-refractivity contribution in [3.8, 4) is 6.07 Å². The smallest absolute Gasteiger partial charge is 0.230 e. The first-order valence-corrected chi connectivity index (χ1v) is 5.12. The molecule has 92 valence electrons. The van der Waals surface area contributed by atoms with E-state index in [4.69, 9.17) is 22.6 Å². The van der Waals surface area contributed by atoms with Crippen LogP contribution in [0.25, 0.3) is 0 Å². The quantitative estimate of drug-likeness (QED) is 0.827. The van der Waals surface area contributed by atoms with Gasteiger partial charge in [-0.3, -0.25) is 0 Å². The minimum atomic E-state index is 0. The standard InChI is InChI=1S/C11H8ClN5.ClH/c12-9-5-10(14)17-11(16-9)15-8-3-1-7(6-13)2-4-8;/h1-5H,(H3,14,15,16,17);1H. The van der Waals surface area contributed by atoms with Crippen molar-refractivity contribution in [3.05, 3.63) is 41.0 Å². The van der Waals surface area contributed by atoms with Crippen LogP contribution in [0.2, 0.25) is 5.15 Å². The second kappa shape index (κ2) is 6.05. The number of nitrogens with two attached hydrogens (primary N) is 1. The Labute approximate surface area is 115 Å². The molecule has 1 aromatic heterocycles. The number of nitrogens with one attached hydrogen (secondary N) is 1. The Morgan fingerprint density at radius 2 is 1.89 bits per heavy atom. The van der Waals surface area contributed by atoms with Gasteiger partial charge in [-0.1, -0.05) is 11.6 Å². The molecule has 0 saturated heterocycles. The van der Waals surface area contributed by atoms with E-state index in [1.165, 1.54) is 6.07 Å². The molecule has 0 amide bonds. The molecule has 0 fully saturated rings. The number of nitriles is 1. The summed E-state index contributed by atoms with van der Waals surface area (Å²) in [5, 5.41) is 11.9. The van der Waals surface area contributed by atoms with Gasteiger partial charge < -0.3 is 11.1 Å². The number of hydrogen-bond donors (Lipinski definition) is 2. The number of hydrogen-bond acceptors (Lipinski definition) is 5. The number of rotatable bonds is 2. The number of aromatic nitrogens is 2. The zero-order valence-electron chi connectivity index (χ0n) is 9.09. The zero-order chi connectivity index (χ0) is 12.3. The van der Waals surface area contributed by atoms with Crippen molar-refractivity contribution in [2.75, 3.05) is 11.1 Å². The molecule has 1 aromatic carbocycles. The maximum Gasteiger partial charge on any atom is 0.230 e. The van der Waals surface area contributed by atoms with Gasteiger partial charge in [-0.15, -0.1) is 12.4 Å². The van der Waals surface area contributed by atoms with E-state index in [-0.39, 0.29) is 17.6 Å². The molecule has 0 unspecified atom stereocenters. The van der Waals surface area contributed by atoms with Crippen LogP contribution in [-0.2, 0) is 0 Å². The average molecular weight is 282 g/mol. The lowest BCUT2D eigenvalue weighted by Gasteiger charge is -2.05. The molecule has 0 spiro atoms. The van der Waals surface area contributed by atoms with Crippen LogP contribution >= 0.6 is 24.0 Å². The highest BCUT2D eigenvalue weighted by Gasteiger charge is 2.01. The fourth-order valence-electron chi connectivity index (χ4n) is 1.25. The van der Waals surface area contributed by atoms with Gasteiger partial charge >= 0.3 is 0 Å². The first-order chi connectivity index (χ1) is 8.17. The number of nitrogen functional groups attached to an aromatic ring is 1. The molecule has 2 rings (SSSR count). The van der Waals surface area contributed by atoms with E-state index < -0.39 is 0 Å². The van der Waals surface area contributed by atoms with Gasteiger partial charge in [0.1, 0.15) is 11.0 Å². The van der Waals surface area contributed by atoms with Gasteiger partial charge in [0.05, 0.1) is 11.6 Å². The first-order valence-electron chi connectivity index (χ1n) is 4.74. The predicted octanol–water partition coefficient (Wildman–Crippen LogP) is 2.75. The van der Waals surface area contributed by atoms with Crippen LogP contribution in [-0.4, -0.2) is 9.97 Å². The summed E-state index contributed by atoms with van der Waals surface area (Å²) in [7, 11) is 0. The normalized spacial score (nSPS) is 9.11. The third-order valence-electron chi connectivity index (χ3n) is 1.98. The Balaban J connectivity index is 0.00000162. The third-order valence-corrected chi connectivity index (χ3v) is 2.18. The lowest BCUT2D eigenvalue weighted by Crippen LogP contribution is -2.00. The Kier molecular flexibility index (Phi) is 4.72. The molecule has 0 saturated carbocycles. The van der Waals surface area contributed by atoms with Crippen molar-refractivity contribution in [2.45, 2.75) is 0 Å². The topological polar surface area (TPSA) is 87.6 Å². The monoisotopic (exact) mass is 281 g/mol. The summed E-state index contributed by atoms with van der Waals surface area (Å²) >= 11 is 5.75.